The Morgan fingerprint density at radius 2 is 1.03 bits per heavy atom. The lowest BCUT2D eigenvalue weighted by Gasteiger charge is -2.38. The molecule has 2 saturated heterocycles. The summed E-state index contributed by atoms with van der Waals surface area (Å²) >= 11 is 0. The van der Waals surface area contributed by atoms with Gasteiger partial charge in [0.25, 0.3) is 0 Å². The summed E-state index contributed by atoms with van der Waals surface area (Å²) in [5, 5.41) is 58.7. The molecule has 4 atom stereocenters. The van der Waals surface area contributed by atoms with Crippen LogP contribution in [-0.4, -0.2) is 197 Å². The highest BCUT2D eigenvalue weighted by Gasteiger charge is 2.34. The summed E-state index contributed by atoms with van der Waals surface area (Å²) in [6.45, 7) is 4.60. The van der Waals surface area contributed by atoms with Crippen LogP contribution in [0.2, 0.25) is 0 Å². The quantitative estimate of drug-likeness (QED) is 0.0254. The number of amides is 2. The highest BCUT2D eigenvalue weighted by molar-refractivity contribution is 5.82. The first-order valence-electron chi connectivity index (χ1n) is 25.3. The van der Waals surface area contributed by atoms with Crippen molar-refractivity contribution >= 4 is 41.6 Å². The molecule has 0 bridgehead atoms. The summed E-state index contributed by atoms with van der Waals surface area (Å²) in [6.07, 6.45) is 8.49. The molecule has 5 aromatic rings. The number of nitrogens with two attached hydrogens (primary N) is 2. The van der Waals surface area contributed by atoms with Gasteiger partial charge in [0.2, 0.25) is 29.7 Å². The molecule has 0 spiro atoms. The molecular weight excluding hydrogens is 1000 g/mol. The maximum atomic E-state index is 14.2. The molecule has 2 aliphatic rings. The molecule has 5 heterocycles. The normalized spacial score (nSPS) is 15.4. The van der Waals surface area contributed by atoms with Crippen molar-refractivity contribution < 1.29 is 53.8 Å². The van der Waals surface area contributed by atoms with E-state index in [1.54, 1.807) is 70.7 Å². The number of aromatic hydroxyl groups is 2. The van der Waals surface area contributed by atoms with Crippen molar-refractivity contribution in [2.45, 2.75) is 62.7 Å². The Hall–Kier alpha value is -8.03. The predicted molar refractivity (Wildman–Crippen MR) is 277 cm³/mol. The summed E-state index contributed by atoms with van der Waals surface area (Å²) in [6, 6.07) is 10.2. The Morgan fingerprint density at radius 1 is 0.610 bits per heavy atom. The van der Waals surface area contributed by atoms with E-state index >= 15 is 0 Å². The van der Waals surface area contributed by atoms with Crippen LogP contribution in [0.3, 0.4) is 0 Å². The first kappa shape index (κ1) is 56.7. The van der Waals surface area contributed by atoms with Crippen LogP contribution in [0.1, 0.15) is 72.4 Å². The number of nitrogens with zero attached hydrogens (tertiary/aromatic N) is 13. The van der Waals surface area contributed by atoms with Crippen LogP contribution in [0.4, 0.5) is 17.8 Å². The monoisotopic (exact) mass is 1070 g/mol. The minimum atomic E-state index is -1.07. The fraction of sp³-hybridized carbons (Fsp3) is 0.500. The number of nitrogens with one attached hydrogen (secondary N) is 1. The topological polar surface area (TPSA) is 354 Å². The molecule has 3 aromatic heterocycles. The molecule has 412 valence electrons. The number of ether oxygens (including phenoxy) is 3. The maximum absolute atomic E-state index is 14.2. The molecule has 0 saturated carbocycles. The van der Waals surface area contributed by atoms with Crippen LogP contribution in [0.25, 0.3) is 0 Å². The van der Waals surface area contributed by atoms with Gasteiger partial charge in [-0.25, -0.2) is 9.36 Å². The number of phenolic OH excluding ortho intramolecular Hbond substituents is 2. The smallest absolute Gasteiger partial charge is 0.303 e. The average molecular weight is 1070 g/mol. The highest BCUT2D eigenvalue weighted by Crippen LogP contribution is 2.26. The zero-order valence-corrected chi connectivity index (χ0v) is 42.6. The molecule has 7 rings (SSSR count). The fourth-order valence-electron chi connectivity index (χ4n) is 8.66. The van der Waals surface area contributed by atoms with Crippen molar-refractivity contribution in [3.63, 3.8) is 0 Å². The standard InChI is InChI=1S/C50H66N16O11/c1-2-24-75-26-28-77-29-27-76-25-15-53-48-54-49(63-20-16-61(17-21-63)46(73)42(11-13-44(69)70)65-32-40(57-59-65)38(51)30-34-3-7-36(67)8-4-34)56-50(55-48)64-22-18-62(19-23-64)47(74)43(12-14-45(71)72)66-33-41(58-60-66)39(52)31-35-5-9-37(68)10-6-35/h1,3-10,32-33,38-39,42-43,67-68H,11-31,51-52H2,(H,69,70)(H,71,72)(H,53,54,55,56). The van der Waals surface area contributed by atoms with Gasteiger partial charge in [-0.2, -0.15) is 15.0 Å². The molecule has 2 aliphatic heterocycles. The summed E-state index contributed by atoms with van der Waals surface area (Å²) in [7, 11) is 0. The van der Waals surface area contributed by atoms with E-state index in [-0.39, 0.29) is 87.7 Å². The molecular formula is C50H66N16O11. The van der Waals surface area contributed by atoms with E-state index in [1.807, 2.05) is 9.80 Å². The summed E-state index contributed by atoms with van der Waals surface area (Å²) in [5.41, 5.74) is 15.5. The first-order valence-corrected chi connectivity index (χ1v) is 25.3. The van der Waals surface area contributed by atoms with Gasteiger partial charge in [-0.3, -0.25) is 19.2 Å². The fourth-order valence-corrected chi connectivity index (χ4v) is 8.66. The van der Waals surface area contributed by atoms with E-state index in [1.165, 1.54) is 9.36 Å². The van der Waals surface area contributed by atoms with Crippen molar-refractivity contribution in [3.05, 3.63) is 83.4 Å². The van der Waals surface area contributed by atoms with Gasteiger partial charge in [0.1, 0.15) is 30.2 Å². The van der Waals surface area contributed by atoms with Gasteiger partial charge in [-0.15, -0.1) is 16.6 Å². The Labute approximate surface area is 444 Å². The molecule has 9 N–H and O–H groups in total. The van der Waals surface area contributed by atoms with E-state index in [2.05, 4.69) is 31.9 Å². The Kier molecular flexibility index (Phi) is 20.8. The highest BCUT2D eigenvalue weighted by atomic mass is 16.5. The zero-order chi connectivity index (χ0) is 54.7. The van der Waals surface area contributed by atoms with Crippen LogP contribution >= 0.6 is 0 Å². The van der Waals surface area contributed by atoms with Crippen LogP contribution in [-0.2, 0) is 46.2 Å². The number of carboxylic acids is 2. The molecule has 27 heteroatoms. The molecule has 0 aliphatic carbocycles. The average Bonchev–Trinajstić information content (AvgIpc) is 4.15. The number of hydrogen-bond acceptors (Lipinski definition) is 21. The van der Waals surface area contributed by atoms with Gasteiger partial charge in [0, 0.05) is 71.7 Å². The lowest BCUT2D eigenvalue weighted by atomic mass is 10.0. The Balaban J connectivity index is 1.01. The maximum Gasteiger partial charge on any atom is 0.303 e. The summed E-state index contributed by atoms with van der Waals surface area (Å²) in [4.78, 5) is 73.5. The molecule has 0 radical (unpaired) electrons. The van der Waals surface area contributed by atoms with Gasteiger partial charge >= 0.3 is 11.9 Å². The number of piperazine rings is 2. The number of terminal acetylenes is 1. The number of anilines is 3. The van der Waals surface area contributed by atoms with Gasteiger partial charge < -0.3 is 71.0 Å². The number of carbonyl (C=O) groups excluding carboxylic acids is 2. The van der Waals surface area contributed by atoms with E-state index < -0.39 is 36.1 Å². The van der Waals surface area contributed by atoms with Crippen LogP contribution in [0.5, 0.6) is 11.5 Å². The van der Waals surface area contributed by atoms with E-state index in [0.717, 1.165) is 11.1 Å². The zero-order valence-electron chi connectivity index (χ0n) is 42.6. The SMILES string of the molecule is C#CCOCCOCCOCCNc1nc(N2CCN(C(=O)C(CCC(=O)O)n3cc(C(N)Cc4ccc(O)cc4)nn3)CC2)nc(N2CCN(C(=O)C(CCC(=O)O)n3cc(C(N)Cc4ccc(O)cc4)nn3)CC2)n1. The lowest BCUT2D eigenvalue weighted by molar-refractivity contribution is -0.140. The van der Waals surface area contributed by atoms with Crippen LogP contribution < -0.4 is 26.6 Å². The number of aliphatic carboxylic acids is 2. The van der Waals surface area contributed by atoms with Crippen LogP contribution in [0.15, 0.2) is 60.9 Å². The van der Waals surface area contributed by atoms with Crippen molar-refractivity contribution in [2.75, 3.05) is 114 Å². The van der Waals surface area contributed by atoms with Crippen LogP contribution in [0, 0.1) is 12.3 Å². The van der Waals surface area contributed by atoms with Crippen molar-refractivity contribution in [3.8, 4) is 23.8 Å². The third kappa shape index (κ3) is 16.7. The molecule has 27 nitrogen and oxygen atoms in total. The van der Waals surface area contributed by atoms with Gasteiger partial charge in [-0.05, 0) is 61.1 Å². The third-order valence-corrected chi connectivity index (χ3v) is 12.9. The second-order valence-corrected chi connectivity index (χ2v) is 18.4. The van der Waals surface area contributed by atoms with Gasteiger partial charge in [0.15, 0.2) is 0 Å². The molecule has 77 heavy (non-hydrogen) atoms. The van der Waals surface area contributed by atoms with Crippen molar-refractivity contribution in [1.82, 2.24) is 54.7 Å². The molecule has 2 amide bonds. The molecule has 2 aromatic carbocycles. The van der Waals surface area contributed by atoms with Gasteiger partial charge in [-0.1, -0.05) is 40.6 Å². The number of hydrogen-bond donors (Lipinski definition) is 7. The Bertz CT molecular complexity index is 2580. The predicted octanol–water partition coefficient (Wildman–Crippen LogP) is 0.555. The first-order chi connectivity index (χ1) is 37.2. The van der Waals surface area contributed by atoms with E-state index in [0.29, 0.717) is 102 Å². The number of benzene rings is 2. The number of phenols is 2. The number of rotatable bonds is 29. The van der Waals surface area contributed by atoms with Gasteiger partial charge in [0.05, 0.1) is 68.9 Å². The lowest BCUT2D eigenvalue weighted by Crippen LogP contribution is -2.52. The van der Waals surface area contributed by atoms with Crippen molar-refractivity contribution in [1.29, 1.82) is 0 Å². The van der Waals surface area contributed by atoms with Crippen molar-refractivity contribution in [2.24, 2.45) is 11.5 Å². The van der Waals surface area contributed by atoms with E-state index in [9.17, 15) is 39.6 Å². The Morgan fingerprint density at radius 3 is 1.44 bits per heavy atom. The molecule has 4 unspecified atom stereocenters. The molecule has 2 fully saturated rings. The minimum Gasteiger partial charge on any atom is -0.508 e. The number of carbonyl (C=O) groups is 4. The second-order valence-electron chi connectivity index (χ2n) is 18.4. The second kappa shape index (κ2) is 28.2. The minimum absolute atomic E-state index is 0.0317. The number of aromatic nitrogens is 9. The van der Waals surface area contributed by atoms with E-state index in [4.69, 9.17) is 47.1 Å². The third-order valence-electron chi connectivity index (χ3n) is 12.9. The summed E-state index contributed by atoms with van der Waals surface area (Å²) < 4.78 is 19.2. The summed E-state index contributed by atoms with van der Waals surface area (Å²) in [5.74, 6) is 0.821. The largest absolute Gasteiger partial charge is 0.508 e. The number of carboxylic acid groups (broad SMARTS) is 2.